The molecule has 2 amide bonds. The van der Waals surface area contributed by atoms with Gasteiger partial charge in [0.1, 0.15) is 18.3 Å². The zero-order valence-electron chi connectivity index (χ0n) is 24.9. The molecule has 234 valence electrons. The predicted molar refractivity (Wildman–Crippen MR) is 164 cm³/mol. The standard InChI is InChI=1S/C34H40F3N5O2/c35-13-14-38-27-10-15-42(31(19-27)28-18-26(36)8-9-29(28)37)33(44)40-16-17-41(34(23-40)11-4-5-12-34)22-25-21-39-30(20-32(25)43)24-6-2-1-3-7-24/h1-3,6-9,18,20-21,27,31,38H,4-5,10-17,19,22-23H2,(H,39,43)/t27-,31+/m1/s1. The van der Waals surface area contributed by atoms with E-state index in [1.54, 1.807) is 11.0 Å². The summed E-state index contributed by atoms with van der Waals surface area (Å²) in [6, 6.07) is 13.8. The summed E-state index contributed by atoms with van der Waals surface area (Å²) >= 11 is 0. The minimum absolute atomic E-state index is 0.0153. The molecule has 1 spiro atoms. The SMILES string of the molecule is O=C(N1CCN(Cc2c[nH]c(-c3ccccc3)cc2=O)C2(CCCC2)C1)N1CC[C@@H](NCCF)C[C@H]1c1cc(F)ccc1F. The Hall–Kier alpha value is -3.63. The molecule has 2 saturated heterocycles. The van der Waals surface area contributed by atoms with E-state index in [9.17, 15) is 18.4 Å². The summed E-state index contributed by atoms with van der Waals surface area (Å²) in [7, 11) is 0. The quantitative estimate of drug-likeness (QED) is 0.365. The number of carbonyl (C=O) groups is 1. The molecule has 3 heterocycles. The molecule has 1 saturated carbocycles. The molecule has 44 heavy (non-hydrogen) atoms. The number of hydrogen-bond donors (Lipinski definition) is 2. The summed E-state index contributed by atoms with van der Waals surface area (Å²) in [5.74, 6) is -1.11. The van der Waals surface area contributed by atoms with Gasteiger partial charge in [-0.2, -0.15) is 0 Å². The molecule has 0 bridgehead atoms. The van der Waals surface area contributed by atoms with E-state index >= 15 is 4.39 Å². The topological polar surface area (TPSA) is 71.7 Å². The second kappa shape index (κ2) is 13.2. The molecule has 1 aliphatic carbocycles. The zero-order chi connectivity index (χ0) is 30.7. The third-order valence-electron chi connectivity index (χ3n) is 9.73. The molecule has 2 N–H and O–H groups in total. The van der Waals surface area contributed by atoms with E-state index in [-0.39, 0.29) is 35.1 Å². The lowest BCUT2D eigenvalue weighted by Gasteiger charge is -2.51. The molecule has 1 aromatic heterocycles. The Balaban J connectivity index is 1.20. The summed E-state index contributed by atoms with van der Waals surface area (Å²) in [4.78, 5) is 36.6. The molecular weight excluding hydrogens is 567 g/mol. The smallest absolute Gasteiger partial charge is 0.320 e. The van der Waals surface area contributed by atoms with Crippen LogP contribution in [-0.2, 0) is 6.54 Å². The van der Waals surface area contributed by atoms with Crippen LogP contribution in [0.3, 0.4) is 0 Å². The fourth-order valence-corrected chi connectivity index (χ4v) is 7.43. The zero-order valence-corrected chi connectivity index (χ0v) is 24.9. The highest BCUT2D eigenvalue weighted by atomic mass is 19.1. The normalized spacial score (nSPS) is 22.1. The minimum atomic E-state index is -0.664. The first-order valence-corrected chi connectivity index (χ1v) is 15.7. The minimum Gasteiger partial charge on any atom is -0.361 e. The van der Waals surface area contributed by atoms with E-state index in [1.807, 2.05) is 41.4 Å². The Bertz CT molecular complexity index is 1510. The number of amides is 2. The number of nitrogens with zero attached hydrogens (tertiary/aromatic N) is 3. The van der Waals surface area contributed by atoms with Crippen LogP contribution in [0.4, 0.5) is 18.0 Å². The van der Waals surface area contributed by atoms with Gasteiger partial charge >= 0.3 is 6.03 Å². The molecule has 6 rings (SSSR count). The number of urea groups is 1. The maximum atomic E-state index is 15.0. The Labute approximate surface area is 256 Å². The Morgan fingerprint density at radius 3 is 2.57 bits per heavy atom. The van der Waals surface area contributed by atoms with Crippen LogP contribution in [0.15, 0.2) is 65.6 Å². The number of benzene rings is 2. The maximum Gasteiger partial charge on any atom is 0.320 e. The van der Waals surface area contributed by atoms with Gasteiger partial charge in [-0.3, -0.25) is 9.69 Å². The number of aromatic amines is 1. The van der Waals surface area contributed by atoms with E-state index in [0.717, 1.165) is 49.1 Å². The molecule has 2 aromatic carbocycles. The van der Waals surface area contributed by atoms with E-state index in [1.165, 1.54) is 6.07 Å². The summed E-state index contributed by atoms with van der Waals surface area (Å²) in [5.41, 5.74) is 2.31. The molecule has 7 nitrogen and oxygen atoms in total. The van der Waals surface area contributed by atoms with E-state index < -0.39 is 24.4 Å². The van der Waals surface area contributed by atoms with Crippen molar-refractivity contribution in [1.29, 1.82) is 0 Å². The number of nitrogens with one attached hydrogen (secondary N) is 2. The van der Waals surface area contributed by atoms with Gasteiger partial charge in [-0.05, 0) is 49.4 Å². The van der Waals surface area contributed by atoms with Crippen molar-refractivity contribution in [3.63, 3.8) is 0 Å². The second-order valence-electron chi connectivity index (χ2n) is 12.4. The van der Waals surface area contributed by atoms with E-state index in [4.69, 9.17) is 0 Å². The van der Waals surface area contributed by atoms with Crippen LogP contribution in [0.2, 0.25) is 0 Å². The summed E-state index contributed by atoms with van der Waals surface area (Å²) in [6.45, 7) is 2.12. The molecule has 2 atom stereocenters. The average molecular weight is 608 g/mol. The van der Waals surface area contributed by atoms with Crippen molar-refractivity contribution in [2.24, 2.45) is 0 Å². The summed E-state index contributed by atoms with van der Waals surface area (Å²) in [5, 5.41) is 3.15. The monoisotopic (exact) mass is 607 g/mol. The summed E-state index contributed by atoms with van der Waals surface area (Å²) < 4.78 is 42.2. The largest absolute Gasteiger partial charge is 0.361 e. The highest BCUT2D eigenvalue weighted by Crippen LogP contribution is 2.40. The Morgan fingerprint density at radius 2 is 1.82 bits per heavy atom. The first-order valence-electron chi connectivity index (χ1n) is 15.7. The van der Waals surface area contributed by atoms with Crippen molar-refractivity contribution < 1.29 is 18.0 Å². The van der Waals surface area contributed by atoms with Gasteiger partial charge in [0, 0.05) is 79.9 Å². The second-order valence-corrected chi connectivity index (χ2v) is 12.4. The van der Waals surface area contributed by atoms with Crippen molar-refractivity contribution >= 4 is 6.03 Å². The summed E-state index contributed by atoms with van der Waals surface area (Å²) in [6.07, 6.45) is 6.73. The van der Waals surface area contributed by atoms with Crippen LogP contribution in [0.25, 0.3) is 11.3 Å². The van der Waals surface area contributed by atoms with Gasteiger partial charge in [-0.15, -0.1) is 0 Å². The fraction of sp³-hybridized carbons (Fsp3) is 0.471. The van der Waals surface area contributed by atoms with E-state index in [2.05, 4.69) is 15.2 Å². The number of halogens is 3. The molecule has 0 unspecified atom stereocenters. The van der Waals surface area contributed by atoms with Crippen LogP contribution in [-0.4, -0.2) is 76.7 Å². The first kappa shape index (κ1) is 30.4. The number of rotatable bonds is 7. The lowest BCUT2D eigenvalue weighted by Crippen LogP contribution is -2.64. The van der Waals surface area contributed by atoms with Crippen LogP contribution in [0, 0.1) is 11.6 Å². The molecule has 3 aliphatic rings. The highest BCUT2D eigenvalue weighted by Gasteiger charge is 2.46. The fourth-order valence-electron chi connectivity index (χ4n) is 7.43. The third kappa shape index (κ3) is 6.28. The van der Waals surface area contributed by atoms with Crippen LogP contribution in [0.1, 0.15) is 55.7 Å². The Morgan fingerprint density at radius 1 is 1.02 bits per heavy atom. The number of pyridine rings is 1. The van der Waals surface area contributed by atoms with Crippen molar-refractivity contribution in [1.82, 2.24) is 25.0 Å². The van der Waals surface area contributed by atoms with Crippen molar-refractivity contribution in [3.8, 4) is 11.3 Å². The first-order chi connectivity index (χ1) is 21.4. The van der Waals surface area contributed by atoms with Crippen LogP contribution >= 0.6 is 0 Å². The van der Waals surface area contributed by atoms with Gasteiger partial charge in [0.25, 0.3) is 0 Å². The Kier molecular flexibility index (Phi) is 9.09. The van der Waals surface area contributed by atoms with Gasteiger partial charge in [0.15, 0.2) is 5.43 Å². The molecule has 2 aliphatic heterocycles. The van der Waals surface area contributed by atoms with Gasteiger partial charge in [-0.1, -0.05) is 43.2 Å². The van der Waals surface area contributed by atoms with E-state index in [0.29, 0.717) is 51.1 Å². The maximum absolute atomic E-state index is 15.0. The number of alkyl halides is 1. The van der Waals surface area contributed by atoms with Gasteiger partial charge in [-0.25, -0.2) is 18.0 Å². The highest BCUT2D eigenvalue weighted by molar-refractivity contribution is 5.75. The number of hydrogen-bond acceptors (Lipinski definition) is 4. The van der Waals surface area contributed by atoms with Gasteiger partial charge in [0.05, 0.1) is 6.04 Å². The average Bonchev–Trinajstić information content (AvgIpc) is 3.51. The molecular formula is C34H40F3N5O2. The van der Waals surface area contributed by atoms with Gasteiger partial charge in [0.2, 0.25) is 0 Å². The number of H-pyrrole nitrogens is 1. The number of aromatic nitrogens is 1. The van der Waals surface area contributed by atoms with Crippen molar-refractivity contribution in [2.45, 2.75) is 62.7 Å². The van der Waals surface area contributed by atoms with Gasteiger partial charge < -0.3 is 20.1 Å². The number of piperazine rings is 1. The third-order valence-corrected chi connectivity index (χ3v) is 9.73. The number of likely N-dealkylation sites (tertiary alicyclic amines) is 1. The van der Waals surface area contributed by atoms with Crippen LogP contribution in [0.5, 0.6) is 0 Å². The molecule has 0 radical (unpaired) electrons. The predicted octanol–water partition coefficient (Wildman–Crippen LogP) is 5.64. The number of piperidine rings is 1. The molecule has 3 fully saturated rings. The lowest BCUT2D eigenvalue weighted by molar-refractivity contribution is -0.00248. The molecule has 3 aromatic rings. The van der Waals surface area contributed by atoms with Crippen molar-refractivity contribution in [2.75, 3.05) is 39.4 Å². The van der Waals surface area contributed by atoms with Crippen LogP contribution < -0.4 is 10.7 Å². The molecule has 10 heteroatoms. The number of carbonyl (C=O) groups excluding carboxylic acids is 1. The lowest BCUT2D eigenvalue weighted by atomic mass is 9.90. The van der Waals surface area contributed by atoms with Crippen molar-refractivity contribution in [3.05, 3.63) is 93.8 Å².